The smallest absolute Gasteiger partial charge is 0.337 e. The molecule has 23 heavy (non-hydrogen) atoms. The molecule has 0 radical (unpaired) electrons. The van der Waals surface area contributed by atoms with Gasteiger partial charge in [-0.25, -0.2) is 4.79 Å². The zero-order chi connectivity index (χ0) is 16.7. The molecule has 0 heterocycles. The number of carbonyl (C=O) groups excluding carboxylic acids is 2. The normalized spacial score (nSPS) is 10.0. The molecule has 0 aromatic heterocycles. The average Bonchev–Trinajstić information content (AvgIpc) is 2.58. The van der Waals surface area contributed by atoms with Gasteiger partial charge in [-0.3, -0.25) is 4.79 Å². The van der Waals surface area contributed by atoms with Gasteiger partial charge in [0.2, 0.25) is 5.91 Å². The first-order valence-electron chi connectivity index (χ1n) is 7.33. The van der Waals surface area contributed by atoms with Crippen molar-refractivity contribution in [2.24, 2.45) is 0 Å². The zero-order valence-corrected chi connectivity index (χ0v) is 13.3. The lowest BCUT2D eigenvalue weighted by Gasteiger charge is -2.09. The molecule has 0 saturated heterocycles. The topological polar surface area (TPSA) is 67.4 Å². The number of benzene rings is 2. The van der Waals surface area contributed by atoms with Crippen LogP contribution in [0.3, 0.4) is 0 Å². The molecule has 120 valence electrons. The lowest BCUT2D eigenvalue weighted by molar-refractivity contribution is -0.119. The molecule has 0 aliphatic carbocycles. The Balaban J connectivity index is 1.79. The predicted molar refractivity (Wildman–Crippen MR) is 89.3 cm³/mol. The SMILES string of the molecule is COC(=O)c1ccc(NCC(=O)NCc2cccc(C)c2)cc1. The van der Waals surface area contributed by atoms with Gasteiger partial charge in [-0.1, -0.05) is 29.8 Å². The number of amides is 1. The van der Waals surface area contributed by atoms with Crippen LogP contribution in [0.4, 0.5) is 5.69 Å². The fourth-order valence-electron chi connectivity index (χ4n) is 2.11. The Hall–Kier alpha value is -2.82. The van der Waals surface area contributed by atoms with E-state index < -0.39 is 0 Å². The van der Waals surface area contributed by atoms with Crippen LogP contribution in [-0.4, -0.2) is 25.5 Å². The van der Waals surface area contributed by atoms with Crippen LogP contribution in [0.2, 0.25) is 0 Å². The van der Waals surface area contributed by atoms with Crippen LogP contribution in [0.5, 0.6) is 0 Å². The van der Waals surface area contributed by atoms with Crippen LogP contribution in [0.25, 0.3) is 0 Å². The van der Waals surface area contributed by atoms with Gasteiger partial charge in [0, 0.05) is 12.2 Å². The molecule has 0 fully saturated rings. The Kier molecular flexibility index (Phi) is 5.74. The summed E-state index contributed by atoms with van der Waals surface area (Å²) in [6.45, 7) is 2.69. The van der Waals surface area contributed by atoms with Crippen molar-refractivity contribution < 1.29 is 14.3 Å². The summed E-state index contributed by atoms with van der Waals surface area (Å²) in [5.74, 6) is -0.476. The third-order valence-corrected chi connectivity index (χ3v) is 3.33. The molecule has 0 spiro atoms. The number of methoxy groups -OCH3 is 1. The molecule has 0 saturated carbocycles. The van der Waals surface area contributed by atoms with Crippen molar-refractivity contribution in [2.75, 3.05) is 19.0 Å². The van der Waals surface area contributed by atoms with Crippen molar-refractivity contribution in [1.29, 1.82) is 0 Å². The van der Waals surface area contributed by atoms with Gasteiger partial charge in [-0.15, -0.1) is 0 Å². The van der Waals surface area contributed by atoms with Gasteiger partial charge in [0.1, 0.15) is 0 Å². The highest BCUT2D eigenvalue weighted by Crippen LogP contribution is 2.10. The van der Waals surface area contributed by atoms with E-state index in [1.807, 2.05) is 31.2 Å². The molecule has 2 rings (SSSR count). The van der Waals surface area contributed by atoms with Crippen LogP contribution < -0.4 is 10.6 Å². The molecule has 2 aromatic carbocycles. The van der Waals surface area contributed by atoms with Crippen LogP contribution in [0.15, 0.2) is 48.5 Å². The Morgan fingerprint density at radius 3 is 2.48 bits per heavy atom. The summed E-state index contributed by atoms with van der Waals surface area (Å²) >= 11 is 0. The molecule has 0 unspecified atom stereocenters. The molecule has 0 aliphatic heterocycles. The van der Waals surface area contributed by atoms with E-state index in [9.17, 15) is 9.59 Å². The van der Waals surface area contributed by atoms with Gasteiger partial charge < -0.3 is 15.4 Å². The number of esters is 1. The lowest BCUT2D eigenvalue weighted by atomic mass is 10.1. The number of anilines is 1. The maximum Gasteiger partial charge on any atom is 0.337 e. The molecule has 5 heteroatoms. The fraction of sp³-hybridized carbons (Fsp3) is 0.222. The zero-order valence-electron chi connectivity index (χ0n) is 13.3. The average molecular weight is 312 g/mol. The van der Waals surface area contributed by atoms with Crippen molar-refractivity contribution in [3.63, 3.8) is 0 Å². The third-order valence-electron chi connectivity index (χ3n) is 3.33. The van der Waals surface area contributed by atoms with Crippen molar-refractivity contribution in [3.05, 3.63) is 65.2 Å². The maximum absolute atomic E-state index is 11.8. The van der Waals surface area contributed by atoms with Gasteiger partial charge in [-0.05, 0) is 36.8 Å². The number of carbonyl (C=O) groups is 2. The summed E-state index contributed by atoms with van der Waals surface area (Å²) in [5, 5.41) is 5.87. The van der Waals surface area contributed by atoms with Crippen LogP contribution >= 0.6 is 0 Å². The predicted octanol–water partition coefficient (Wildman–Crippen LogP) is 2.51. The van der Waals surface area contributed by atoms with E-state index in [2.05, 4.69) is 15.4 Å². The minimum Gasteiger partial charge on any atom is -0.465 e. The summed E-state index contributed by atoms with van der Waals surface area (Å²) in [6, 6.07) is 14.8. The van der Waals surface area contributed by atoms with Crippen molar-refractivity contribution in [2.45, 2.75) is 13.5 Å². The van der Waals surface area contributed by atoms with E-state index in [0.29, 0.717) is 12.1 Å². The molecular formula is C18H20N2O3. The van der Waals surface area contributed by atoms with Crippen molar-refractivity contribution >= 4 is 17.6 Å². The second-order valence-corrected chi connectivity index (χ2v) is 5.19. The number of hydrogen-bond acceptors (Lipinski definition) is 4. The van der Waals surface area contributed by atoms with Crippen molar-refractivity contribution in [3.8, 4) is 0 Å². The number of nitrogens with one attached hydrogen (secondary N) is 2. The summed E-state index contributed by atoms with van der Waals surface area (Å²) in [4.78, 5) is 23.2. The van der Waals surface area contributed by atoms with E-state index in [1.54, 1.807) is 24.3 Å². The second kappa shape index (κ2) is 7.98. The van der Waals surface area contributed by atoms with Gasteiger partial charge >= 0.3 is 5.97 Å². The highest BCUT2D eigenvalue weighted by atomic mass is 16.5. The summed E-state index contributed by atoms with van der Waals surface area (Å²) in [5.41, 5.74) is 3.48. The summed E-state index contributed by atoms with van der Waals surface area (Å²) in [6.07, 6.45) is 0. The van der Waals surface area contributed by atoms with Crippen LogP contribution in [0.1, 0.15) is 21.5 Å². The Labute approximate surface area is 135 Å². The van der Waals surface area contributed by atoms with Crippen LogP contribution in [0, 0.1) is 6.92 Å². The van der Waals surface area contributed by atoms with E-state index in [-0.39, 0.29) is 18.4 Å². The van der Waals surface area contributed by atoms with Crippen LogP contribution in [-0.2, 0) is 16.1 Å². The van der Waals surface area contributed by atoms with Gasteiger partial charge in [0.15, 0.2) is 0 Å². The molecule has 0 atom stereocenters. The lowest BCUT2D eigenvalue weighted by Crippen LogP contribution is -2.29. The largest absolute Gasteiger partial charge is 0.465 e. The molecular weight excluding hydrogens is 292 g/mol. The number of aryl methyl sites for hydroxylation is 1. The highest BCUT2D eigenvalue weighted by Gasteiger charge is 2.05. The molecule has 0 bridgehead atoms. The highest BCUT2D eigenvalue weighted by molar-refractivity contribution is 5.89. The molecule has 0 aliphatic rings. The summed E-state index contributed by atoms with van der Waals surface area (Å²) in [7, 11) is 1.34. The quantitative estimate of drug-likeness (QED) is 0.804. The first-order chi connectivity index (χ1) is 11.1. The summed E-state index contributed by atoms with van der Waals surface area (Å²) < 4.78 is 4.63. The maximum atomic E-state index is 11.8. The minimum atomic E-state index is -0.382. The second-order valence-electron chi connectivity index (χ2n) is 5.19. The number of rotatable bonds is 6. The molecule has 2 aromatic rings. The van der Waals surface area contributed by atoms with Gasteiger partial charge in [0.25, 0.3) is 0 Å². The Morgan fingerprint density at radius 2 is 1.83 bits per heavy atom. The number of ether oxygens (including phenoxy) is 1. The third kappa shape index (κ3) is 5.14. The Morgan fingerprint density at radius 1 is 1.09 bits per heavy atom. The standard InChI is InChI=1S/C18H20N2O3/c1-13-4-3-5-14(10-13)11-20-17(21)12-19-16-8-6-15(7-9-16)18(22)23-2/h3-10,19H,11-12H2,1-2H3,(H,20,21). The van der Waals surface area contributed by atoms with Gasteiger partial charge in [0.05, 0.1) is 19.2 Å². The molecule has 5 nitrogen and oxygen atoms in total. The molecule has 2 N–H and O–H groups in total. The van der Waals surface area contributed by atoms with E-state index in [1.165, 1.54) is 12.7 Å². The van der Waals surface area contributed by atoms with E-state index in [0.717, 1.165) is 11.3 Å². The van der Waals surface area contributed by atoms with Crippen molar-refractivity contribution in [1.82, 2.24) is 5.32 Å². The monoisotopic (exact) mass is 312 g/mol. The first-order valence-corrected chi connectivity index (χ1v) is 7.33. The molecule has 1 amide bonds. The fourth-order valence-corrected chi connectivity index (χ4v) is 2.11. The van der Waals surface area contributed by atoms with E-state index in [4.69, 9.17) is 0 Å². The minimum absolute atomic E-state index is 0.0939. The Bertz CT molecular complexity index is 681. The van der Waals surface area contributed by atoms with E-state index >= 15 is 0 Å². The van der Waals surface area contributed by atoms with Gasteiger partial charge in [-0.2, -0.15) is 0 Å². The number of hydrogen-bond donors (Lipinski definition) is 2. The first kappa shape index (κ1) is 16.5.